The number of carbonyl (C=O) groups excluding carboxylic acids is 1. The number of allylic oxidation sites excluding steroid dienone is 4. The third kappa shape index (κ3) is 3.75. The monoisotopic (exact) mass is 366 g/mol. The van der Waals surface area contributed by atoms with Crippen LogP contribution in [0.25, 0.3) is 5.69 Å². The van der Waals surface area contributed by atoms with Crippen molar-refractivity contribution in [1.82, 2.24) is 15.1 Å². The second kappa shape index (κ2) is 8.10. The highest BCUT2D eigenvalue weighted by molar-refractivity contribution is 7.98. The van der Waals surface area contributed by atoms with E-state index in [-0.39, 0.29) is 6.03 Å². The first-order chi connectivity index (χ1) is 12.6. The van der Waals surface area contributed by atoms with E-state index in [4.69, 9.17) is 5.10 Å². The van der Waals surface area contributed by atoms with Crippen LogP contribution in [0.3, 0.4) is 0 Å². The molecule has 0 unspecified atom stereocenters. The minimum Gasteiger partial charge on any atom is -0.308 e. The van der Waals surface area contributed by atoms with Gasteiger partial charge in [-0.05, 0) is 37.6 Å². The fraction of sp³-hybridized carbons (Fsp3) is 0.200. The lowest BCUT2D eigenvalue weighted by atomic mass is 10.2. The Morgan fingerprint density at radius 2 is 2.15 bits per heavy atom. The summed E-state index contributed by atoms with van der Waals surface area (Å²) in [5.41, 5.74) is 4.82. The number of amides is 2. The van der Waals surface area contributed by atoms with E-state index in [0.717, 1.165) is 39.8 Å². The van der Waals surface area contributed by atoms with E-state index in [1.165, 1.54) is 0 Å². The molecule has 3 rings (SSSR count). The Labute approximate surface area is 157 Å². The molecule has 0 fully saturated rings. The summed E-state index contributed by atoms with van der Waals surface area (Å²) in [5.74, 6) is 2.44. The van der Waals surface area contributed by atoms with Gasteiger partial charge in [0.05, 0.1) is 11.4 Å². The molecule has 2 heterocycles. The van der Waals surface area contributed by atoms with E-state index < -0.39 is 0 Å². The van der Waals surface area contributed by atoms with Crippen LogP contribution in [0, 0.1) is 6.92 Å². The number of aryl methyl sites for hydroxylation is 1. The lowest BCUT2D eigenvalue weighted by Gasteiger charge is -2.13. The molecule has 5 nitrogen and oxygen atoms in total. The third-order valence-electron chi connectivity index (χ3n) is 4.07. The van der Waals surface area contributed by atoms with Gasteiger partial charge in [0.2, 0.25) is 0 Å². The molecule has 26 heavy (non-hydrogen) atoms. The molecule has 0 spiro atoms. The van der Waals surface area contributed by atoms with E-state index in [2.05, 4.69) is 17.2 Å². The average Bonchev–Trinajstić information content (AvgIpc) is 3.22. The van der Waals surface area contributed by atoms with Gasteiger partial charge in [-0.1, -0.05) is 36.9 Å². The zero-order valence-electron chi connectivity index (χ0n) is 15.0. The Hall–Kier alpha value is -2.73. The van der Waals surface area contributed by atoms with Crippen LogP contribution in [0.1, 0.15) is 23.7 Å². The van der Waals surface area contributed by atoms with Crippen LogP contribution in [0.5, 0.6) is 0 Å². The van der Waals surface area contributed by atoms with Crippen molar-refractivity contribution in [2.75, 3.05) is 5.32 Å². The number of anilines is 1. The van der Waals surface area contributed by atoms with Crippen LogP contribution in [-0.2, 0) is 11.5 Å². The predicted molar refractivity (Wildman–Crippen MR) is 109 cm³/mol. The Kier molecular flexibility index (Phi) is 5.63. The van der Waals surface area contributed by atoms with Crippen LogP contribution < -0.4 is 10.6 Å². The zero-order chi connectivity index (χ0) is 18.5. The summed E-state index contributed by atoms with van der Waals surface area (Å²) >= 11 is 1.80. The maximum atomic E-state index is 12.5. The van der Waals surface area contributed by atoms with Gasteiger partial charge in [0.25, 0.3) is 0 Å². The molecule has 0 saturated heterocycles. The zero-order valence-corrected chi connectivity index (χ0v) is 15.8. The number of rotatable bonds is 5. The normalized spacial score (nSPS) is 13.7. The van der Waals surface area contributed by atoms with Crippen molar-refractivity contribution in [2.45, 2.75) is 25.4 Å². The molecule has 0 atom stereocenters. The maximum absolute atomic E-state index is 12.5. The first-order valence-electron chi connectivity index (χ1n) is 8.42. The lowest BCUT2D eigenvalue weighted by molar-refractivity contribution is 0.254. The number of aromatic nitrogens is 2. The minimum atomic E-state index is -0.310. The second-order valence-corrected chi connectivity index (χ2v) is 6.88. The van der Waals surface area contributed by atoms with Crippen molar-refractivity contribution in [2.24, 2.45) is 0 Å². The van der Waals surface area contributed by atoms with Gasteiger partial charge in [0, 0.05) is 22.8 Å². The molecule has 1 aliphatic rings. The van der Waals surface area contributed by atoms with Gasteiger partial charge in [-0.25, -0.2) is 9.48 Å². The molecule has 2 amide bonds. The summed E-state index contributed by atoms with van der Waals surface area (Å²) < 4.78 is 1.84. The van der Waals surface area contributed by atoms with E-state index in [0.29, 0.717) is 5.70 Å². The van der Waals surface area contributed by atoms with E-state index in [9.17, 15) is 4.79 Å². The Morgan fingerprint density at radius 1 is 1.35 bits per heavy atom. The van der Waals surface area contributed by atoms with Crippen molar-refractivity contribution in [3.05, 3.63) is 77.7 Å². The number of carbonyl (C=O) groups is 1. The number of thioether (sulfide) groups is 1. The van der Waals surface area contributed by atoms with Gasteiger partial charge in [-0.3, -0.25) is 5.32 Å². The number of urea groups is 1. The molecular weight excluding hydrogens is 344 g/mol. The van der Waals surface area contributed by atoms with E-state index in [1.54, 1.807) is 23.9 Å². The minimum absolute atomic E-state index is 0.310. The van der Waals surface area contributed by atoms with Crippen molar-refractivity contribution in [1.29, 1.82) is 0 Å². The smallest absolute Gasteiger partial charge is 0.308 e. The van der Waals surface area contributed by atoms with Gasteiger partial charge in [0.1, 0.15) is 5.82 Å². The summed E-state index contributed by atoms with van der Waals surface area (Å²) in [4.78, 5) is 12.5. The third-order valence-corrected chi connectivity index (χ3v) is 5.04. The number of benzene rings is 1. The Bertz CT molecular complexity index is 895. The highest BCUT2D eigenvalue weighted by atomic mass is 32.2. The van der Waals surface area contributed by atoms with Crippen LogP contribution >= 0.6 is 11.8 Å². The number of nitrogens with zero attached hydrogens (tertiary/aromatic N) is 2. The summed E-state index contributed by atoms with van der Waals surface area (Å²) in [6.07, 6.45) is 7.15. The summed E-state index contributed by atoms with van der Waals surface area (Å²) in [6, 6.07) is 7.71. The number of fused-ring (bicyclic) bond motifs is 1. The van der Waals surface area contributed by atoms with Gasteiger partial charge < -0.3 is 5.32 Å². The highest BCUT2D eigenvalue weighted by Crippen LogP contribution is 2.36. The van der Waals surface area contributed by atoms with Crippen LogP contribution in [0.15, 0.2) is 60.8 Å². The largest absolute Gasteiger partial charge is 0.324 e. The molecule has 134 valence electrons. The summed E-state index contributed by atoms with van der Waals surface area (Å²) in [7, 11) is 0. The highest BCUT2D eigenvalue weighted by Gasteiger charge is 2.25. The van der Waals surface area contributed by atoms with Gasteiger partial charge in [-0.2, -0.15) is 16.9 Å². The molecule has 1 aromatic carbocycles. The predicted octanol–water partition coefficient (Wildman–Crippen LogP) is 4.70. The average molecular weight is 366 g/mol. The molecule has 2 aromatic rings. The SMILES string of the molecule is C=C/C(=C\C=C/C)NC(=O)Nc1c2c(nn1-c1ccccc1C)CSC2. The van der Waals surface area contributed by atoms with E-state index in [1.807, 2.05) is 54.9 Å². The Balaban J connectivity index is 1.91. The van der Waals surface area contributed by atoms with Crippen molar-refractivity contribution < 1.29 is 4.79 Å². The summed E-state index contributed by atoms with van der Waals surface area (Å²) in [5, 5.41) is 10.5. The van der Waals surface area contributed by atoms with Crippen molar-refractivity contribution >= 4 is 23.6 Å². The van der Waals surface area contributed by atoms with Gasteiger partial charge in [-0.15, -0.1) is 0 Å². The topological polar surface area (TPSA) is 59.0 Å². The van der Waals surface area contributed by atoms with Crippen LogP contribution in [0.2, 0.25) is 0 Å². The molecule has 1 aliphatic heterocycles. The van der Waals surface area contributed by atoms with Crippen LogP contribution in [0.4, 0.5) is 10.6 Å². The number of para-hydroxylation sites is 1. The Morgan fingerprint density at radius 3 is 2.88 bits per heavy atom. The molecule has 1 aromatic heterocycles. The molecule has 0 aliphatic carbocycles. The van der Waals surface area contributed by atoms with E-state index >= 15 is 0 Å². The second-order valence-electron chi connectivity index (χ2n) is 5.90. The lowest BCUT2D eigenvalue weighted by Crippen LogP contribution is -2.29. The molecule has 0 radical (unpaired) electrons. The number of nitrogens with one attached hydrogen (secondary N) is 2. The molecule has 6 heteroatoms. The van der Waals surface area contributed by atoms with Crippen LogP contribution in [-0.4, -0.2) is 15.8 Å². The van der Waals surface area contributed by atoms with Gasteiger partial charge in [0.15, 0.2) is 0 Å². The van der Waals surface area contributed by atoms with Crippen molar-refractivity contribution in [3.8, 4) is 5.69 Å². The number of hydrogen-bond donors (Lipinski definition) is 2. The molecule has 0 saturated carbocycles. The number of hydrogen-bond acceptors (Lipinski definition) is 3. The molecule has 2 N–H and O–H groups in total. The molecular formula is C20H22N4OS. The summed E-state index contributed by atoms with van der Waals surface area (Å²) in [6.45, 7) is 7.69. The fourth-order valence-electron chi connectivity index (χ4n) is 2.75. The maximum Gasteiger partial charge on any atom is 0.324 e. The van der Waals surface area contributed by atoms with Crippen molar-refractivity contribution in [3.63, 3.8) is 0 Å². The fourth-order valence-corrected chi connectivity index (χ4v) is 3.78. The quantitative estimate of drug-likeness (QED) is 0.755. The first-order valence-corrected chi connectivity index (χ1v) is 9.57. The standard InChI is InChI=1S/C20H22N4OS/c1-4-6-10-15(5-2)21-20(25)22-19-16-12-26-13-17(16)23-24(19)18-11-8-7-9-14(18)3/h4-11H,2,12-13H2,1,3H3,(H2,21,22,25)/b6-4-,15-10+. The molecule has 0 bridgehead atoms. The van der Waals surface area contributed by atoms with Gasteiger partial charge >= 0.3 is 6.03 Å². The first kappa shape index (κ1) is 18.1.